The monoisotopic (exact) mass is 445 g/mol. The number of nitrogens with zero attached hydrogens (tertiary/aromatic N) is 2. The van der Waals surface area contributed by atoms with E-state index >= 15 is 0 Å². The first-order chi connectivity index (χ1) is 15.5. The van der Waals surface area contributed by atoms with E-state index in [-0.39, 0.29) is 4.90 Å². The van der Waals surface area contributed by atoms with Crippen molar-refractivity contribution < 1.29 is 13.2 Å². The molecule has 7 heteroatoms. The second-order valence-corrected chi connectivity index (χ2v) is 10.4. The Kier molecular flexibility index (Phi) is 5.06. The summed E-state index contributed by atoms with van der Waals surface area (Å²) < 4.78 is 27.4. The van der Waals surface area contributed by atoms with Crippen LogP contribution in [0.5, 0.6) is 0 Å². The molecular weight excluding hydrogens is 422 g/mol. The normalized spacial score (nSPS) is 15.6. The number of amides is 1. The lowest BCUT2D eigenvalue weighted by atomic mass is 10.1. The van der Waals surface area contributed by atoms with Gasteiger partial charge in [-0.05, 0) is 49.2 Å². The van der Waals surface area contributed by atoms with Gasteiger partial charge in [-0.2, -0.15) is 0 Å². The van der Waals surface area contributed by atoms with Crippen LogP contribution in [0.4, 0.5) is 5.69 Å². The second-order valence-electron chi connectivity index (χ2n) is 8.14. The Balaban J connectivity index is 1.41. The zero-order chi connectivity index (χ0) is 22.2. The van der Waals surface area contributed by atoms with Gasteiger partial charge in [-0.3, -0.25) is 4.79 Å². The summed E-state index contributed by atoms with van der Waals surface area (Å²) in [5, 5.41) is 2.86. The molecule has 0 radical (unpaired) electrons. The van der Waals surface area contributed by atoms with Gasteiger partial charge in [-0.25, -0.2) is 13.4 Å². The predicted octanol–water partition coefficient (Wildman–Crippen LogP) is 4.73. The summed E-state index contributed by atoms with van der Waals surface area (Å²) in [7, 11) is -3.81. The SMILES string of the molecule is O=C(Nc1ccc(-c2cn3ccccc3n2)cc1)C1(S(=O)(=O)c2ccccc2)CCCC1. The molecule has 2 aromatic carbocycles. The lowest BCUT2D eigenvalue weighted by Crippen LogP contribution is -2.47. The van der Waals surface area contributed by atoms with Crippen LogP contribution in [0.1, 0.15) is 25.7 Å². The number of imidazole rings is 1. The molecule has 6 nitrogen and oxygen atoms in total. The molecule has 2 aromatic heterocycles. The lowest BCUT2D eigenvalue weighted by Gasteiger charge is -2.27. The number of sulfone groups is 1. The maximum absolute atomic E-state index is 13.4. The zero-order valence-corrected chi connectivity index (χ0v) is 18.3. The van der Waals surface area contributed by atoms with E-state index in [9.17, 15) is 13.2 Å². The van der Waals surface area contributed by atoms with E-state index < -0.39 is 20.5 Å². The molecule has 5 rings (SSSR count). The summed E-state index contributed by atoms with van der Waals surface area (Å²) >= 11 is 0. The third-order valence-corrected chi connectivity index (χ3v) is 8.71. The maximum atomic E-state index is 13.4. The number of nitrogens with one attached hydrogen (secondary N) is 1. The van der Waals surface area contributed by atoms with Crippen molar-refractivity contribution in [1.82, 2.24) is 9.38 Å². The molecule has 0 bridgehead atoms. The first-order valence-corrected chi connectivity index (χ1v) is 12.1. The standard InChI is InChI=1S/C25H23N3O3S/c29-24(25(15-5-6-16-25)32(30,31)21-8-2-1-3-9-21)26-20-13-11-19(12-14-20)22-18-28-17-7-4-10-23(28)27-22/h1-4,7-14,17-18H,5-6,15-16H2,(H,26,29). The number of pyridine rings is 1. The molecule has 0 saturated heterocycles. The molecule has 1 amide bonds. The van der Waals surface area contributed by atoms with Gasteiger partial charge >= 0.3 is 0 Å². The minimum atomic E-state index is -3.81. The van der Waals surface area contributed by atoms with Gasteiger partial charge in [-0.15, -0.1) is 0 Å². The van der Waals surface area contributed by atoms with Gasteiger partial charge in [-0.1, -0.05) is 49.2 Å². The van der Waals surface area contributed by atoms with Crippen LogP contribution in [0.2, 0.25) is 0 Å². The molecule has 4 aromatic rings. The van der Waals surface area contributed by atoms with Gasteiger partial charge in [0.25, 0.3) is 0 Å². The van der Waals surface area contributed by atoms with E-state index in [0.29, 0.717) is 31.4 Å². The number of carbonyl (C=O) groups excluding carboxylic acids is 1. The van der Waals surface area contributed by atoms with Crippen LogP contribution in [-0.2, 0) is 14.6 Å². The molecule has 1 aliphatic rings. The van der Waals surface area contributed by atoms with Gasteiger partial charge in [0.2, 0.25) is 5.91 Å². The molecule has 0 aliphatic heterocycles. The highest BCUT2D eigenvalue weighted by Gasteiger charge is 2.52. The third-order valence-electron chi connectivity index (χ3n) is 6.20. The Labute approximate surface area is 186 Å². The minimum Gasteiger partial charge on any atom is -0.325 e. The number of fused-ring (bicyclic) bond motifs is 1. The lowest BCUT2D eigenvalue weighted by molar-refractivity contribution is -0.118. The van der Waals surface area contributed by atoms with Crippen LogP contribution in [-0.4, -0.2) is 28.5 Å². The molecule has 1 N–H and O–H groups in total. The summed E-state index contributed by atoms with van der Waals surface area (Å²) in [5.74, 6) is -0.459. The summed E-state index contributed by atoms with van der Waals surface area (Å²) in [5.41, 5.74) is 3.17. The summed E-state index contributed by atoms with van der Waals surface area (Å²) in [6.45, 7) is 0. The average molecular weight is 446 g/mol. The van der Waals surface area contributed by atoms with E-state index in [2.05, 4.69) is 10.3 Å². The van der Waals surface area contributed by atoms with Crippen LogP contribution in [0.3, 0.4) is 0 Å². The van der Waals surface area contributed by atoms with Gasteiger partial charge < -0.3 is 9.72 Å². The molecule has 162 valence electrons. The summed E-state index contributed by atoms with van der Waals surface area (Å²) in [4.78, 5) is 18.1. The fourth-order valence-corrected chi connectivity index (χ4v) is 6.52. The molecule has 0 unspecified atom stereocenters. The second kappa shape index (κ2) is 7.91. The Morgan fingerprint density at radius 2 is 1.59 bits per heavy atom. The molecule has 0 spiro atoms. The zero-order valence-electron chi connectivity index (χ0n) is 17.4. The minimum absolute atomic E-state index is 0.194. The Morgan fingerprint density at radius 1 is 0.906 bits per heavy atom. The summed E-state index contributed by atoms with van der Waals surface area (Å²) in [6, 6.07) is 21.4. The molecule has 1 fully saturated rings. The average Bonchev–Trinajstić information content (AvgIpc) is 3.49. The van der Waals surface area contributed by atoms with Crippen molar-refractivity contribution in [3.63, 3.8) is 0 Å². The Bertz CT molecular complexity index is 1340. The summed E-state index contributed by atoms with van der Waals surface area (Å²) in [6.07, 6.45) is 5.97. The van der Waals surface area contributed by atoms with Crippen molar-refractivity contribution in [3.8, 4) is 11.3 Å². The maximum Gasteiger partial charge on any atom is 0.246 e. The molecule has 0 atom stereocenters. The van der Waals surface area contributed by atoms with Crippen molar-refractivity contribution in [2.24, 2.45) is 0 Å². The van der Waals surface area contributed by atoms with Gasteiger partial charge in [0.05, 0.1) is 10.6 Å². The van der Waals surface area contributed by atoms with Crippen LogP contribution in [0.15, 0.2) is 90.1 Å². The van der Waals surface area contributed by atoms with E-state index in [1.165, 1.54) is 0 Å². The molecular formula is C25H23N3O3S. The van der Waals surface area contributed by atoms with Gasteiger partial charge in [0.15, 0.2) is 14.6 Å². The molecule has 32 heavy (non-hydrogen) atoms. The highest BCUT2D eigenvalue weighted by Crippen LogP contribution is 2.41. The van der Waals surface area contributed by atoms with Crippen molar-refractivity contribution in [2.75, 3.05) is 5.32 Å². The highest BCUT2D eigenvalue weighted by molar-refractivity contribution is 7.93. The molecule has 1 saturated carbocycles. The number of carbonyl (C=O) groups is 1. The van der Waals surface area contributed by atoms with E-state index in [4.69, 9.17) is 0 Å². The van der Waals surface area contributed by atoms with Crippen molar-refractivity contribution in [3.05, 3.63) is 85.2 Å². The van der Waals surface area contributed by atoms with Crippen LogP contribution in [0, 0.1) is 0 Å². The van der Waals surface area contributed by atoms with Crippen LogP contribution in [0.25, 0.3) is 16.9 Å². The quantitative estimate of drug-likeness (QED) is 0.482. The third kappa shape index (κ3) is 3.39. The highest BCUT2D eigenvalue weighted by atomic mass is 32.2. The van der Waals surface area contributed by atoms with Crippen LogP contribution >= 0.6 is 0 Å². The molecule has 2 heterocycles. The number of aromatic nitrogens is 2. The Morgan fingerprint density at radius 3 is 2.28 bits per heavy atom. The topological polar surface area (TPSA) is 80.5 Å². The van der Waals surface area contributed by atoms with E-state index in [0.717, 1.165) is 16.9 Å². The van der Waals surface area contributed by atoms with Gasteiger partial charge in [0, 0.05) is 23.6 Å². The van der Waals surface area contributed by atoms with Gasteiger partial charge in [0.1, 0.15) is 5.65 Å². The number of rotatable bonds is 5. The Hall–Kier alpha value is -3.45. The first kappa shape index (κ1) is 20.5. The number of anilines is 1. The van der Waals surface area contributed by atoms with Crippen molar-refractivity contribution in [1.29, 1.82) is 0 Å². The predicted molar refractivity (Wildman–Crippen MR) is 124 cm³/mol. The number of hydrogen-bond donors (Lipinski definition) is 1. The molecule has 1 aliphatic carbocycles. The number of hydrogen-bond acceptors (Lipinski definition) is 4. The fourth-order valence-electron chi connectivity index (χ4n) is 4.43. The van der Waals surface area contributed by atoms with E-state index in [1.807, 2.05) is 47.1 Å². The fraction of sp³-hybridized carbons (Fsp3) is 0.200. The smallest absolute Gasteiger partial charge is 0.246 e. The largest absolute Gasteiger partial charge is 0.325 e. The van der Waals surface area contributed by atoms with Crippen molar-refractivity contribution in [2.45, 2.75) is 35.3 Å². The van der Waals surface area contributed by atoms with Crippen molar-refractivity contribution >= 4 is 27.1 Å². The number of benzene rings is 2. The van der Waals surface area contributed by atoms with E-state index in [1.54, 1.807) is 42.5 Å². The van der Waals surface area contributed by atoms with Crippen LogP contribution < -0.4 is 5.32 Å². The first-order valence-electron chi connectivity index (χ1n) is 10.6.